The van der Waals surface area contributed by atoms with E-state index in [0.29, 0.717) is 41.4 Å². The van der Waals surface area contributed by atoms with Crippen LogP contribution in [0.4, 0.5) is 10.2 Å². The van der Waals surface area contributed by atoms with E-state index in [1.165, 1.54) is 12.4 Å². The van der Waals surface area contributed by atoms with E-state index in [4.69, 9.17) is 21.1 Å². The van der Waals surface area contributed by atoms with Crippen molar-refractivity contribution in [1.82, 2.24) is 19.5 Å². The number of aromatic nitrogens is 4. The van der Waals surface area contributed by atoms with Crippen molar-refractivity contribution in [3.05, 3.63) is 61.5 Å². The molecule has 0 aliphatic heterocycles. The van der Waals surface area contributed by atoms with Crippen LogP contribution in [0.1, 0.15) is 0 Å². The van der Waals surface area contributed by atoms with Crippen molar-refractivity contribution in [3.8, 4) is 11.5 Å². The van der Waals surface area contributed by atoms with Crippen molar-refractivity contribution in [2.75, 3.05) is 19.0 Å². The minimum atomic E-state index is -2.05. The number of nitrogens with one attached hydrogen (secondary N) is 1. The van der Waals surface area contributed by atoms with Gasteiger partial charge in [0, 0.05) is 23.8 Å². The lowest BCUT2D eigenvalue weighted by molar-refractivity contribution is 0.280. The second kappa shape index (κ2) is 8.08. The quantitative estimate of drug-likeness (QED) is 0.593. The zero-order chi connectivity index (χ0) is 20.3. The molecule has 1 aliphatic rings. The summed E-state index contributed by atoms with van der Waals surface area (Å²) in [6.45, 7) is 1.08. The summed E-state index contributed by atoms with van der Waals surface area (Å²) in [5, 5.41) is 1.66. The largest absolute Gasteiger partial charge is 0.493 e. The first-order valence-corrected chi connectivity index (χ1v) is 9.36. The Bertz CT molecular complexity index is 1050. The van der Waals surface area contributed by atoms with Gasteiger partial charge in [0.05, 0.1) is 31.5 Å². The molecule has 2 aromatic heterocycles. The standard InChI is InChI=1S/C20H19ClFN5O2/c1-28-16-10-14-15(11-17(16)29-9-8-27-7-6-23-13-27)24-12-25-19(14)26-18-4-2-3-5-20(18,21)22/h2-7,10-13,18H,8-9H2,1H3,(H,24,25,26). The molecule has 2 atom stereocenters. The predicted octanol–water partition coefficient (Wildman–Crippen LogP) is 3.73. The lowest BCUT2D eigenvalue weighted by Crippen LogP contribution is -2.37. The van der Waals surface area contributed by atoms with Crippen molar-refractivity contribution in [2.45, 2.75) is 17.7 Å². The van der Waals surface area contributed by atoms with Gasteiger partial charge in [-0.25, -0.2) is 19.3 Å². The van der Waals surface area contributed by atoms with Gasteiger partial charge in [-0.15, -0.1) is 0 Å². The number of allylic oxidation sites excluding steroid dienone is 2. The van der Waals surface area contributed by atoms with E-state index in [1.807, 2.05) is 10.8 Å². The van der Waals surface area contributed by atoms with Crippen LogP contribution in [0.25, 0.3) is 10.9 Å². The predicted molar refractivity (Wildman–Crippen MR) is 109 cm³/mol. The van der Waals surface area contributed by atoms with E-state index < -0.39 is 11.2 Å². The van der Waals surface area contributed by atoms with Gasteiger partial charge in [-0.05, 0) is 12.1 Å². The van der Waals surface area contributed by atoms with Crippen LogP contribution in [0.15, 0.2) is 61.5 Å². The average Bonchev–Trinajstić information content (AvgIpc) is 3.22. The molecule has 0 amide bonds. The topological polar surface area (TPSA) is 74.1 Å². The van der Waals surface area contributed by atoms with Crippen molar-refractivity contribution >= 4 is 28.3 Å². The zero-order valence-electron chi connectivity index (χ0n) is 15.6. The fraction of sp³-hybridized carbons (Fsp3) is 0.250. The van der Waals surface area contributed by atoms with E-state index in [-0.39, 0.29) is 0 Å². The molecule has 3 aromatic rings. The van der Waals surface area contributed by atoms with E-state index in [9.17, 15) is 4.39 Å². The molecule has 0 bridgehead atoms. The number of hydrogen-bond donors (Lipinski definition) is 1. The Balaban J connectivity index is 1.59. The average molecular weight is 416 g/mol. The number of halogens is 2. The maximum Gasteiger partial charge on any atom is 0.225 e. The minimum Gasteiger partial charge on any atom is -0.493 e. The highest BCUT2D eigenvalue weighted by atomic mass is 35.5. The fourth-order valence-corrected chi connectivity index (χ4v) is 3.21. The third-order valence-corrected chi connectivity index (χ3v) is 4.89. The number of hydrogen-bond acceptors (Lipinski definition) is 6. The number of benzene rings is 1. The minimum absolute atomic E-state index is 0.435. The molecule has 7 nitrogen and oxygen atoms in total. The van der Waals surface area contributed by atoms with Crippen LogP contribution in [-0.2, 0) is 6.54 Å². The number of methoxy groups -OCH3 is 1. The summed E-state index contributed by atoms with van der Waals surface area (Å²) in [6.07, 6.45) is 12.9. The first-order chi connectivity index (χ1) is 14.1. The van der Waals surface area contributed by atoms with Crippen molar-refractivity contribution < 1.29 is 13.9 Å². The molecule has 1 aliphatic carbocycles. The summed E-state index contributed by atoms with van der Waals surface area (Å²) >= 11 is 5.96. The Morgan fingerprint density at radius 2 is 2.17 bits per heavy atom. The summed E-state index contributed by atoms with van der Waals surface area (Å²) in [4.78, 5) is 12.6. The smallest absolute Gasteiger partial charge is 0.225 e. The van der Waals surface area contributed by atoms with Gasteiger partial charge >= 0.3 is 0 Å². The molecule has 0 saturated carbocycles. The molecule has 9 heteroatoms. The SMILES string of the molecule is COc1cc2c(NC3C=CC=CC3(F)Cl)ncnc2cc1OCCn1ccnc1. The maximum atomic E-state index is 14.6. The summed E-state index contributed by atoms with van der Waals surface area (Å²) < 4.78 is 27.8. The third-order valence-electron chi connectivity index (χ3n) is 4.53. The van der Waals surface area contributed by atoms with E-state index in [0.717, 1.165) is 0 Å². The first kappa shape index (κ1) is 19.2. The van der Waals surface area contributed by atoms with Crippen LogP contribution in [0.2, 0.25) is 0 Å². The molecular weight excluding hydrogens is 397 g/mol. The number of anilines is 1. The third kappa shape index (κ3) is 4.17. The van der Waals surface area contributed by atoms with Gasteiger partial charge in [-0.2, -0.15) is 0 Å². The highest BCUT2D eigenvalue weighted by molar-refractivity contribution is 6.25. The lowest BCUT2D eigenvalue weighted by Gasteiger charge is -2.26. The van der Waals surface area contributed by atoms with E-state index >= 15 is 0 Å². The zero-order valence-corrected chi connectivity index (χ0v) is 16.4. The Morgan fingerprint density at radius 1 is 1.28 bits per heavy atom. The van der Waals surface area contributed by atoms with E-state index in [2.05, 4.69) is 20.3 Å². The van der Waals surface area contributed by atoms with Gasteiger partial charge in [0.1, 0.15) is 18.8 Å². The molecule has 0 radical (unpaired) electrons. The van der Waals surface area contributed by atoms with Crippen LogP contribution in [0.5, 0.6) is 11.5 Å². The van der Waals surface area contributed by atoms with Crippen molar-refractivity contribution in [2.24, 2.45) is 0 Å². The van der Waals surface area contributed by atoms with E-state index in [1.54, 1.807) is 50.0 Å². The van der Waals surface area contributed by atoms with Crippen molar-refractivity contribution in [1.29, 1.82) is 0 Å². The molecule has 1 aromatic carbocycles. The Hall–Kier alpha value is -3.13. The normalized spacial score (nSPS) is 20.7. The molecule has 29 heavy (non-hydrogen) atoms. The van der Waals surface area contributed by atoms with Gasteiger partial charge in [0.25, 0.3) is 0 Å². The summed E-state index contributed by atoms with van der Waals surface area (Å²) in [6, 6.07) is 2.76. The van der Waals surface area contributed by atoms with Crippen LogP contribution in [0, 0.1) is 0 Å². The number of alkyl halides is 2. The Labute approximate surface area is 171 Å². The summed E-state index contributed by atoms with van der Waals surface area (Å²) in [5.41, 5.74) is 0.635. The molecule has 150 valence electrons. The highest BCUT2D eigenvalue weighted by Gasteiger charge is 2.34. The first-order valence-electron chi connectivity index (χ1n) is 8.98. The van der Waals surface area contributed by atoms with Gasteiger partial charge in [-0.3, -0.25) is 0 Å². The van der Waals surface area contributed by atoms with Gasteiger partial charge in [-0.1, -0.05) is 29.8 Å². The molecule has 0 saturated heterocycles. The molecule has 1 N–H and O–H groups in total. The second-order valence-electron chi connectivity index (χ2n) is 6.43. The molecule has 0 spiro atoms. The number of imidazole rings is 1. The fourth-order valence-electron chi connectivity index (χ4n) is 3.01. The maximum absolute atomic E-state index is 14.6. The molecular formula is C20H19ClFN5O2. The van der Waals surface area contributed by atoms with Crippen LogP contribution in [-0.4, -0.2) is 44.4 Å². The molecule has 4 rings (SSSR count). The monoisotopic (exact) mass is 415 g/mol. The summed E-state index contributed by atoms with van der Waals surface area (Å²) in [7, 11) is 1.56. The molecule has 2 unspecified atom stereocenters. The van der Waals surface area contributed by atoms with Crippen LogP contribution >= 0.6 is 11.6 Å². The second-order valence-corrected chi connectivity index (χ2v) is 7.01. The van der Waals surface area contributed by atoms with Gasteiger partial charge in [0.2, 0.25) is 5.13 Å². The molecule has 2 heterocycles. The van der Waals surface area contributed by atoms with Gasteiger partial charge in [0.15, 0.2) is 11.5 Å². The number of ether oxygens (including phenoxy) is 2. The van der Waals surface area contributed by atoms with Crippen LogP contribution < -0.4 is 14.8 Å². The van der Waals surface area contributed by atoms with Crippen molar-refractivity contribution in [3.63, 3.8) is 0 Å². The van der Waals surface area contributed by atoms with Gasteiger partial charge < -0.3 is 19.4 Å². The Kier molecular flexibility index (Phi) is 5.35. The summed E-state index contributed by atoms with van der Waals surface area (Å²) in [5.74, 6) is 1.53. The Morgan fingerprint density at radius 3 is 2.93 bits per heavy atom. The number of nitrogens with zero attached hydrogens (tertiary/aromatic N) is 4. The lowest BCUT2D eigenvalue weighted by atomic mass is 10.1. The molecule has 0 fully saturated rings. The van der Waals surface area contributed by atoms with Crippen LogP contribution in [0.3, 0.4) is 0 Å². The highest BCUT2D eigenvalue weighted by Crippen LogP contribution is 2.36. The number of rotatable bonds is 7. The number of fused-ring (bicyclic) bond motifs is 1.